The SMILES string of the molecule is COc1ccc(/C=C2/NC(=S)N(Cc3ccco3)C2=O)cc1COc1ccccc1[N+](=O)[O-]. The maximum atomic E-state index is 12.8. The van der Waals surface area contributed by atoms with Crippen LogP contribution in [-0.2, 0) is 17.9 Å². The van der Waals surface area contributed by atoms with Gasteiger partial charge in [-0.25, -0.2) is 0 Å². The van der Waals surface area contributed by atoms with E-state index in [2.05, 4.69) is 5.32 Å². The van der Waals surface area contributed by atoms with Crippen molar-refractivity contribution in [2.75, 3.05) is 7.11 Å². The van der Waals surface area contributed by atoms with Gasteiger partial charge in [-0.05, 0) is 54.2 Å². The number of carbonyl (C=O) groups excluding carboxylic acids is 1. The van der Waals surface area contributed by atoms with Crippen molar-refractivity contribution in [3.05, 3.63) is 93.6 Å². The lowest BCUT2D eigenvalue weighted by Gasteiger charge is -2.12. The van der Waals surface area contributed by atoms with Crippen molar-refractivity contribution in [3.63, 3.8) is 0 Å². The molecule has 10 heteroatoms. The minimum absolute atomic E-state index is 0.0371. The summed E-state index contributed by atoms with van der Waals surface area (Å²) in [5.74, 6) is 1.05. The summed E-state index contributed by atoms with van der Waals surface area (Å²) in [5, 5.41) is 14.4. The van der Waals surface area contributed by atoms with Crippen molar-refractivity contribution in [2.45, 2.75) is 13.2 Å². The third kappa shape index (κ3) is 4.85. The molecular weight excluding hydrogens is 446 g/mol. The molecule has 1 saturated heterocycles. The lowest BCUT2D eigenvalue weighted by Crippen LogP contribution is -2.29. The number of benzene rings is 2. The molecule has 9 nitrogen and oxygen atoms in total. The molecule has 1 fully saturated rings. The van der Waals surface area contributed by atoms with Crippen LogP contribution in [0.2, 0.25) is 0 Å². The largest absolute Gasteiger partial charge is 0.496 e. The quantitative estimate of drug-likeness (QED) is 0.230. The molecule has 0 atom stereocenters. The molecule has 2 heterocycles. The summed E-state index contributed by atoms with van der Waals surface area (Å²) in [6.07, 6.45) is 3.21. The van der Waals surface area contributed by atoms with Crippen LogP contribution in [0.1, 0.15) is 16.9 Å². The zero-order chi connectivity index (χ0) is 23.4. The molecule has 0 saturated carbocycles. The van der Waals surface area contributed by atoms with Crippen LogP contribution in [0.15, 0.2) is 71.0 Å². The van der Waals surface area contributed by atoms with Crippen LogP contribution in [0, 0.1) is 10.1 Å². The van der Waals surface area contributed by atoms with E-state index in [9.17, 15) is 14.9 Å². The molecule has 1 aromatic heterocycles. The van der Waals surface area contributed by atoms with E-state index < -0.39 is 4.92 Å². The van der Waals surface area contributed by atoms with Crippen molar-refractivity contribution >= 4 is 35.0 Å². The predicted molar refractivity (Wildman–Crippen MR) is 123 cm³/mol. The van der Waals surface area contributed by atoms with Gasteiger partial charge in [-0.1, -0.05) is 18.2 Å². The third-order valence-corrected chi connectivity index (χ3v) is 5.24. The van der Waals surface area contributed by atoms with Crippen LogP contribution >= 0.6 is 12.2 Å². The van der Waals surface area contributed by atoms with Gasteiger partial charge in [0.2, 0.25) is 0 Å². The molecule has 0 bridgehead atoms. The van der Waals surface area contributed by atoms with Gasteiger partial charge in [0.15, 0.2) is 10.9 Å². The monoisotopic (exact) mass is 465 g/mol. The van der Waals surface area contributed by atoms with Crippen LogP contribution in [0.4, 0.5) is 5.69 Å². The highest BCUT2D eigenvalue weighted by atomic mass is 32.1. The molecule has 0 unspecified atom stereocenters. The van der Waals surface area contributed by atoms with E-state index in [4.69, 9.17) is 26.1 Å². The van der Waals surface area contributed by atoms with Crippen molar-refractivity contribution in [1.82, 2.24) is 10.2 Å². The third-order valence-electron chi connectivity index (χ3n) is 4.92. The van der Waals surface area contributed by atoms with Crippen LogP contribution in [0.3, 0.4) is 0 Å². The zero-order valence-corrected chi connectivity index (χ0v) is 18.3. The van der Waals surface area contributed by atoms with Gasteiger partial charge >= 0.3 is 5.69 Å². The van der Waals surface area contributed by atoms with E-state index in [0.717, 1.165) is 0 Å². The number of amides is 1. The molecule has 1 N–H and O–H groups in total. The smallest absolute Gasteiger partial charge is 0.310 e. The standard InChI is InChI=1S/C23H19N3O6S/c1-30-20-9-8-15(11-16(20)14-32-21-7-3-2-6-19(21)26(28)29)12-18-22(27)25(23(33)24-18)13-17-5-4-10-31-17/h2-12H,13-14H2,1H3,(H,24,33)/b18-12+. The molecule has 0 radical (unpaired) electrons. The Kier molecular flexibility index (Phi) is 6.36. The van der Waals surface area contributed by atoms with E-state index in [0.29, 0.717) is 28.3 Å². The van der Waals surface area contributed by atoms with Gasteiger partial charge < -0.3 is 19.2 Å². The average Bonchev–Trinajstić information content (AvgIpc) is 3.42. The van der Waals surface area contributed by atoms with Crippen LogP contribution in [0.5, 0.6) is 11.5 Å². The van der Waals surface area contributed by atoms with E-state index in [-0.39, 0.29) is 35.6 Å². The van der Waals surface area contributed by atoms with Gasteiger partial charge in [-0.2, -0.15) is 0 Å². The first kappa shape index (κ1) is 22.0. The Balaban J connectivity index is 1.54. The molecular formula is C23H19N3O6S. The van der Waals surface area contributed by atoms with E-state index in [1.807, 2.05) is 0 Å². The Morgan fingerprint density at radius 3 is 2.73 bits per heavy atom. The fraction of sp³-hybridized carbons (Fsp3) is 0.130. The Morgan fingerprint density at radius 2 is 2.00 bits per heavy atom. The van der Waals surface area contributed by atoms with E-state index in [1.165, 1.54) is 30.4 Å². The number of methoxy groups -OCH3 is 1. The lowest BCUT2D eigenvalue weighted by atomic mass is 10.1. The number of para-hydroxylation sites is 2. The van der Waals surface area contributed by atoms with Crippen molar-refractivity contribution in [3.8, 4) is 11.5 Å². The fourth-order valence-electron chi connectivity index (χ4n) is 3.33. The van der Waals surface area contributed by atoms with E-state index >= 15 is 0 Å². The Labute approximate surface area is 194 Å². The maximum absolute atomic E-state index is 12.8. The highest BCUT2D eigenvalue weighted by molar-refractivity contribution is 7.80. The normalized spacial score (nSPS) is 14.5. The van der Waals surface area contributed by atoms with Gasteiger partial charge in [-0.3, -0.25) is 19.8 Å². The lowest BCUT2D eigenvalue weighted by molar-refractivity contribution is -0.385. The minimum Gasteiger partial charge on any atom is -0.496 e. The molecule has 168 valence electrons. The second-order valence-electron chi connectivity index (χ2n) is 7.04. The molecule has 0 spiro atoms. The number of furan rings is 1. The van der Waals surface area contributed by atoms with Gasteiger partial charge in [0.05, 0.1) is 24.8 Å². The minimum atomic E-state index is -0.498. The summed E-state index contributed by atoms with van der Waals surface area (Å²) in [4.78, 5) is 25.0. The molecule has 1 aliphatic rings. The van der Waals surface area contributed by atoms with Crippen LogP contribution < -0.4 is 14.8 Å². The number of rotatable bonds is 8. The number of hydrogen-bond acceptors (Lipinski definition) is 7. The highest BCUT2D eigenvalue weighted by Gasteiger charge is 2.31. The summed E-state index contributed by atoms with van der Waals surface area (Å²) in [5.41, 5.74) is 1.56. The fourth-order valence-corrected chi connectivity index (χ4v) is 3.58. The number of ether oxygens (including phenoxy) is 2. The Morgan fingerprint density at radius 1 is 1.18 bits per heavy atom. The predicted octanol–water partition coefficient (Wildman–Crippen LogP) is 4.03. The van der Waals surface area contributed by atoms with Crippen molar-refractivity contribution in [2.24, 2.45) is 0 Å². The summed E-state index contributed by atoms with van der Waals surface area (Å²) in [7, 11) is 1.52. The molecule has 1 amide bonds. The molecule has 0 aliphatic carbocycles. The molecule has 33 heavy (non-hydrogen) atoms. The summed E-state index contributed by atoms with van der Waals surface area (Å²) in [6, 6.07) is 15.0. The van der Waals surface area contributed by atoms with Crippen molar-refractivity contribution < 1.29 is 23.6 Å². The first-order valence-corrected chi connectivity index (χ1v) is 10.3. The second-order valence-corrected chi connectivity index (χ2v) is 7.43. The number of hydrogen-bond donors (Lipinski definition) is 1. The number of nitrogens with zero attached hydrogens (tertiary/aromatic N) is 2. The number of nitrogens with one attached hydrogen (secondary N) is 1. The zero-order valence-electron chi connectivity index (χ0n) is 17.5. The Bertz CT molecular complexity index is 1240. The topological polar surface area (TPSA) is 107 Å². The van der Waals surface area contributed by atoms with Gasteiger partial charge in [0, 0.05) is 11.6 Å². The van der Waals surface area contributed by atoms with E-state index in [1.54, 1.807) is 48.5 Å². The summed E-state index contributed by atoms with van der Waals surface area (Å²) >= 11 is 5.29. The molecule has 1 aliphatic heterocycles. The van der Waals surface area contributed by atoms with Gasteiger partial charge in [0.25, 0.3) is 5.91 Å². The molecule has 2 aromatic carbocycles. The Hall–Kier alpha value is -4.18. The van der Waals surface area contributed by atoms with Gasteiger partial charge in [-0.15, -0.1) is 0 Å². The molecule has 4 rings (SSSR count). The highest BCUT2D eigenvalue weighted by Crippen LogP contribution is 2.29. The second kappa shape index (κ2) is 9.53. The average molecular weight is 465 g/mol. The van der Waals surface area contributed by atoms with Gasteiger partial charge in [0.1, 0.15) is 23.8 Å². The first-order valence-electron chi connectivity index (χ1n) is 9.86. The number of carbonyl (C=O) groups is 1. The summed E-state index contributed by atoms with van der Waals surface area (Å²) < 4.78 is 16.4. The number of thiocarbonyl (C=S) groups is 1. The van der Waals surface area contributed by atoms with Crippen LogP contribution in [0.25, 0.3) is 6.08 Å². The molecule has 3 aromatic rings. The maximum Gasteiger partial charge on any atom is 0.310 e. The summed E-state index contributed by atoms with van der Waals surface area (Å²) in [6.45, 7) is 0.266. The van der Waals surface area contributed by atoms with Crippen LogP contribution in [-0.4, -0.2) is 28.0 Å². The first-order chi connectivity index (χ1) is 16.0. The number of nitro benzene ring substituents is 1. The number of nitro groups is 1. The van der Waals surface area contributed by atoms with Crippen molar-refractivity contribution in [1.29, 1.82) is 0 Å².